The Morgan fingerprint density at radius 3 is 2.56 bits per heavy atom. The van der Waals surface area contributed by atoms with E-state index in [9.17, 15) is 9.59 Å². The molecule has 2 heterocycles. The zero-order chi connectivity index (χ0) is 19.8. The molecule has 0 aliphatic heterocycles. The van der Waals surface area contributed by atoms with Gasteiger partial charge in [0.05, 0.1) is 0 Å². The number of hydrogen-bond donors (Lipinski definition) is 1. The fraction of sp³-hybridized carbons (Fsp3) is 0.368. The van der Waals surface area contributed by atoms with Crippen LogP contribution in [0.1, 0.15) is 31.9 Å². The Balaban J connectivity index is 1.81. The van der Waals surface area contributed by atoms with E-state index in [4.69, 9.17) is 0 Å². The Bertz CT molecular complexity index is 1060. The van der Waals surface area contributed by atoms with Gasteiger partial charge >= 0.3 is 5.69 Å². The number of carbonyl (C=O) groups is 1. The Hall–Kier alpha value is -2.61. The van der Waals surface area contributed by atoms with Gasteiger partial charge in [-0.25, -0.2) is 9.48 Å². The van der Waals surface area contributed by atoms with Gasteiger partial charge in [-0.3, -0.25) is 4.79 Å². The average Bonchev–Trinajstić information content (AvgIpc) is 2.85. The van der Waals surface area contributed by atoms with Crippen LogP contribution in [0.15, 0.2) is 40.2 Å². The first-order chi connectivity index (χ1) is 12.6. The standard InChI is InChI=1S/C19H23N5O2S/c1-12-6-7-14(13(2)10-12)20-16(25)11-23-18(26)24-15(21-23)8-9-17(22-24)27-19(3,4)5/h6-10H,11H2,1-5H3,(H,20,25). The maximum absolute atomic E-state index is 12.6. The molecule has 0 aliphatic rings. The third-order valence-corrected chi connectivity index (χ3v) is 4.82. The van der Waals surface area contributed by atoms with Gasteiger partial charge < -0.3 is 5.32 Å². The third-order valence-electron chi connectivity index (χ3n) is 3.78. The largest absolute Gasteiger partial charge is 0.367 e. The Kier molecular flexibility index (Phi) is 5.10. The highest BCUT2D eigenvalue weighted by molar-refractivity contribution is 8.00. The molecule has 1 N–H and O–H groups in total. The van der Waals surface area contributed by atoms with Gasteiger partial charge in [-0.05, 0) is 37.6 Å². The second-order valence-electron chi connectivity index (χ2n) is 7.46. The van der Waals surface area contributed by atoms with E-state index in [0.29, 0.717) is 5.65 Å². The van der Waals surface area contributed by atoms with E-state index >= 15 is 0 Å². The Morgan fingerprint density at radius 2 is 1.89 bits per heavy atom. The number of aryl methyl sites for hydroxylation is 2. The van der Waals surface area contributed by atoms with Crippen LogP contribution in [0, 0.1) is 13.8 Å². The van der Waals surface area contributed by atoms with Crippen molar-refractivity contribution in [3.63, 3.8) is 0 Å². The van der Waals surface area contributed by atoms with Gasteiger partial charge in [0.1, 0.15) is 11.6 Å². The van der Waals surface area contributed by atoms with Gasteiger partial charge in [0, 0.05) is 10.4 Å². The summed E-state index contributed by atoms with van der Waals surface area (Å²) in [6.07, 6.45) is 0. The average molecular weight is 385 g/mol. The molecule has 0 fully saturated rings. The topological polar surface area (TPSA) is 81.3 Å². The molecular formula is C19H23N5O2S. The monoisotopic (exact) mass is 385 g/mol. The van der Waals surface area contributed by atoms with E-state index in [2.05, 4.69) is 36.3 Å². The molecule has 8 heteroatoms. The number of nitrogens with zero attached hydrogens (tertiary/aromatic N) is 4. The van der Waals surface area contributed by atoms with Crippen LogP contribution < -0.4 is 11.0 Å². The van der Waals surface area contributed by atoms with Crippen molar-refractivity contribution < 1.29 is 4.79 Å². The van der Waals surface area contributed by atoms with Crippen LogP contribution in [0.3, 0.4) is 0 Å². The highest BCUT2D eigenvalue weighted by Crippen LogP contribution is 2.29. The molecule has 0 spiro atoms. The number of hydrogen-bond acceptors (Lipinski definition) is 5. The third kappa shape index (κ3) is 4.57. The second kappa shape index (κ2) is 7.19. The molecule has 0 saturated carbocycles. The smallest absolute Gasteiger partial charge is 0.324 e. The zero-order valence-corrected chi connectivity index (χ0v) is 16.9. The van der Waals surface area contributed by atoms with Crippen molar-refractivity contribution in [2.75, 3.05) is 5.32 Å². The van der Waals surface area contributed by atoms with Crippen LogP contribution in [0.25, 0.3) is 5.65 Å². The van der Waals surface area contributed by atoms with Crippen molar-refractivity contribution >= 4 is 29.0 Å². The highest BCUT2D eigenvalue weighted by atomic mass is 32.2. The van der Waals surface area contributed by atoms with Crippen LogP contribution >= 0.6 is 11.8 Å². The van der Waals surface area contributed by atoms with Crippen molar-refractivity contribution in [3.8, 4) is 0 Å². The predicted molar refractivity (Wildman–Crippen MR) is 107 cm³/mol. The van der Waals surface area contributed by atoms with Crippen molar-refractivity contribution in [2.24, 2.45) is 0 Å². The zero-order valence-electron chi connectivity index (χ0n) is 16.1. The van der Waals surface area contributed by atoms with Crippen molar-refractivity contribution in [1.29, 1.82) is 0 Å². The quantitative estimate of drug-likeness (QED) is 0.698. The number of benzene rings is 1. The fourth-order valence-electron chi connectivity index (χ4n) is 2.64. The minimum atomic E-state index is -0.433. The SMILES string of the molecule is Cc1ccc(NC(=O)Cn2nc3ccc(SC(C)(C)C)nn3c2=O)c(C)c1. The minimum Gasteiger partial charge on any atom is -0.324 e. The Morgan fingerprint density at radius 1 is 1.15 bits per heavy atom. The first-order valence-electron chi connectivity index (χ1n) is 8.65. The molecule has 3 aromatic rings. The molecule has 2 aromatic heterocycles. The van der Waals surface area contributed by atoms with E-state index in [1.54, 1.807) is 17.8 Å². The summed E-state index contributed by atoms with van der Waals surface area (Å²) in [5, 5.41) is 12.1. The summed E-state index contributed by atoms with van der Waals surface area (Å²) in [6, 6.07) is 9.34. The summed E-state index contributed by atoms with van der Waals surface area (Å²) in [5.41, 5.74) is 2.80. The van der Waals surface area contributed by atoms with Gasteiger partial charge in [0.15, 0.2) is 5.65 Å². The summed E-state index contributed by atoms with van der Waals surface area (Å²) in [4.78, 5) is 24.9. The van der Waals surface area contributed by atoms with Gasteiger partial charge in [0.25, 0.3) is 0 Å². The van der Waals surface area contributed by atoms with E-state index in [-0.39, 0.29) is 17.2 Å². The van der Waals surface area contributed by atoms with E-state index in [1.165, 1.54) is 4.52 Å². The number of aromatic nitrogens is 4. The first-order valence-corrected chi connectivity index (χ1v) is 9.47. The van der Waals surface area contributed by atoms with E-state index < -0.39 is 5.69 Å². The van der Waals surface area contributed by atoms with Gasteiger partial charge in [0.2, 0.25) is 5.91 Å². The molecule has 142 valence electrons. The minimum absolute atomic E-state index is 0.0218. The number of thioether (sulfide) groups is 1. The number of amides is 1. The van der Waals surface area contributed by atoms with Crippen LogP contribution in [0.5, 0.6) is 0 Å². The summed E-state index contributed by atoms with van der Waals surface area (Å²) in [6.45, 7) is 9.98. The van der Waals surface area contributed by atoms with E-state index in [1.807, 2.05) is 38.1 Å². The molecule has 0 unspecified atom stereocenters. The lowest BCUT2D eigenvalue weighted by Crippen LogP contribution is -2.29. The van der Waals surface area contributed by atoms with Crippen LogP contribution in [0.4, 0.5) is 5.69 Å². The van der Waals surface area contributed by atoms with E-state index in [0.717, 1.165) is 26.5 Å². The number of fused-ring (bicyclic) bond motifs is 1. The summed E-state index contributed by atoms with van der Waals surface area (Å²) in [5.74, 6) is -0.309. The normalized spacial score (nSPS) is 11.7. The summed E-state index contributed by atoms with van der Waals surface area (Å²) >= 11 is 1.56. The molecule has 1 amide bonds. The molecule has 27 heavy (non-hydrogen) atoms. The van der Waals surface area contributed by atoms with Crippen LogP contribution in [-0.2, 0) is 11.3 Å². The molecule has 3 rings (SSSR count). The molecule has 0 radical (unpaired) electrons. The first kappa shape index (κ1) is 19.2. The van der Waals surface area contributed by atoms with Crippen molar-refractivity contribution in [1.82, 2.24) is 19.4 Å². The number of rotatable bonds is 4. The number of carbonyl (C=O) groups excluding carboxylic acids is 1. The lowest BCUT2D eigenvalue weighted by Gasteiger charge is -2.16. The second-order valence-corrected chi connectivity index (χ2v) is 9.31. The molecule has 0 aliphatic carbocycles. The van der Waals surface area contributed by atoms with Crippen LogP contribution in [0.2, 0.25) is 0 Å². The summed E-state index contributed by atoms with van der Waals surface area (Å²) in [7, 11) is 0. The summed E-state index contributed by atoms with van der Waals surface area (Å²) < 4.78 is 2.34. The maximum Gasteiger partial charge on any atom is 0.367 e. The maximum atomic E-state index is 12.6. The lowest BCUT2D eigenvalue weighted by molar-refractivity contribution is -0.117. The highest BCUT2D eigenvalue weighted by Gasteiger charge is 2.16. The Labute approximate surface area is 161 Å². The molecule has 0 atom stereocenters. The van der Waals surface area contributed by atoms with Gasteiger partial charge in [-0.1, -0.05) is 50.2 Å². The number of anilines is 1. The van der Waals surface area contributed by atoms with Crippen molar-refractivity contribution in [2.45, 2.75) is 50.9 Å². The van der Waals surface area contributed by atoms with Gasteiger partial charge in [-0.15, -0.1) is 5.10 Å². The lowest BCUT2D eigenvalue weighted by atomic mass is 10.1. The van der Waals surface area contributed by atoms with Gasteiger partial charge in [-0.2, -0.15) is 9.61 Å². The fourth-order valence-corrected chi connectivity index (χ4v) is 3.53. The molecule has 0 bridgehead atoms. The molecule has 0 saturated heterocycles. The molecule has 7 nitrogen and oxygen atoms in total. The molecule has 1 aromatic carbocycles. The number of nitrogens with one attached hydrogen (secondary N) is 1. The predicted octanol–water partition coefficient (Wildman–Crippen LogP) is 3.04. The molecular weight excluding hydrogens is 362 g/mol. The van der Waals surface area contributed by atoms with Crippen LogP contribution in [-0.4, -0.2) is 30.0 Å². The van der Waals surface area contributed by atoms with Crippen molar-refractivity contribution in [3.05, 3.63) is 51.9 Å².